The van der Waals surface area contributed by atoms with Crippen LogP contribution in [-0.2, 0) is 0 Å². The molecular formula is C21H26N2O2. The minimum absolute atomic E-state index is 0.0999. The third-order valence-corrected chi connectivity index (χ3v) is 4.29. The van der Waals surface area contributed by atoms with Gasteiger partial charge in [-0.2, -0.15) is 0 Å². The van der Waals surface area contributed by atoms with Gasteiger partial charge in [-0.25, -0.2) is 0 Å². The molecule has 4 heteroatoms. The maximum atomic E-state index is 12.6. The Bertz CT molecular complexity index is 773. The predicted octanol–water partition coefficient (Wildman–Crippen LogP) is 4.39. The summed E-state index contributed by atoms with van der Waals surface area (Å²) in [6.07, 6.45) is 0.859. The Morgan fingerprint density at radius 1 is 0.960 bits per heavy atom. The number of hydrogen-bond donors (Lipinski definition) is 2. The number of carbonyl (C=O) groups excluding carboxylic acids is 2. The van der Waals surface area contributed by atoms with E-state index in [2.05, 4.69) is 10.6 Å². The highest BCUT2D eigenvalue weighted by Crippen LogP contribution is 2.22. The highest BCUT2D eigenvalue weighted by atomic mass is 16.2. The molecule has 132 valence electrons. The molecule has 4 nitrogen and oxygen atoms in total. The van der Waals surface area contributed by atoms with Crippen LogP contribution in [0.5, 0.6) is 0 Å². The molecule has 2 N–H and O–H groups in total. The minimum Gasteiger partial charge on any atom is -0.350 e. The SMILES string of the molecule is CCC(C)NC(=O)c1cccc(C(=O)Nc2c(C)cc(C)cc2C)c1. The summed E-state index contributed by atoms with van der Waals surface area (Å²) in [5.41, 5.74) is 5.00. The van der Waals surface area contributed by atoms with E-state index in [1.165, 1.54) is 0 Å². The van der Waals surface area contributed by atoms with Crippen LogP contribution in [0.15, 0.2) is 36.4 Å². The Morgan fingerprint density at radius 2 is 1.52 bits per heavy atom. The van der Waals surface area contributed by atoms with E-state index in [4.69, 9.17) is 0 Å². The molecule has 0 spiro atoms. The molecule has 0 heterocycles. The first-order valence-corrected chi connectivity index (χ1v) is 8.62. The van der Waals surface area contributed by atoms with Crippen molar-refractivity contribution >= 4 is 17.5 Å². The second-order valence-corrected chi connectivity index (χ2v) is 6.59. The third-order valence-electron chi connectivity index (χ3n) is 4.29. The van der Waals surface area contributed by atoms with E-state index in [1.54, 1.807) is 24.3 Å². The first kappa shape index (κ1) is 18.7. The Kier molecular flexibility index (Phi) is 5.97. The number of benzene rings is 2. The molecular weight excluding hydrogens is 312 g/mol. The van der Waals surface area contributed by atoms with Crippen molar-refractivity contribution in [2.24, 2.45) is 0 Å². The lowest BCUT2D eigenvalue weighted by Crippen LogP contribution is -2.32. The van der Waals surface area contributed by atoms with E-state index >= 15 is 0 Å². The van der Waals surface area contributed by atoms with Crippen LogP contribution >= 0.6 is 0 Å². The van der Waals surface area contributed by atoms with Gasteiger partial charge in [-0.3, -0.25) is 9.59 Å². The lowest BCUT2D eigenvalue weighted by atomic mass is 10.0. The number of hydrogen-bond acceptors (Lipinski definition) is 2. The number of anilines is 1. The summed E-state index contributed by atoms with van der Waals surface area (Å²) >= 11 is 0. The van der Waals surface area contributed by atoms with Crippen LogP contribution in [0.25, 0.3) is 0 Å². The fraction of sp³-hybridized carbons (Fsp3) is 0.333. The van der Waals surface area contributed by atoms with Crippen LogP contribution < -0.4 is 10.6 Å². The van der Waals surface area contributed by atoms with E-state index in [9.17, 15) is 9.59 Å². The Labute approximate surface area is 149 Å². The van der Waals surface area contributed by atoms with Gasteiger partial charge in [0.25, 0.3) is 11.8 Å². The lowest BCUT2D eigenvalue weighted by molar-refractivity contribution is 0.0939. The van der Waals surface area contributed by atoms with E-state index in [0.29, 0.717) is 11.1 Å². The van der Waals surface area contributed by atoms with E-state index in [0.717, 1.165) is 28.8 Å². The summed E-state index contributed by atoms with van der Waals surface area (Å²) in [6, 6.07) is 11.0. The van der Waals surface area contributed by atoms with Gasteiger partial charge in [0.1, 0.15) is 0 Å². The fourth-order valence-corrected chi connectivity index (χ4v) is 2.77. The van der Waals surface area contributed by atoms with Gasteiger partial charge in [-0.15, -0.1) is 0 Å². The zero-order valence-corrected chi connectivity index (χ0v) is 15.6. The van der Waals surface area contributed by atoms with Crippen LogP contribution in [0.1, 0.15) is 57.7 Å². The van der Waals surface area contributed by atoms with Gasteiger partial charge < -0.3 is 10.6 Å². The summed E-state index contributed by atoms with van der Waals surface area (Å²) in [7, 11) is 0. The minimum atomic E-state index is -0.215. The van der Waals surface area contributed by atoms with Crippen molar-refractivity contribution < 1.29 is 9.59 Å². The molecule has 0 radical (unpaired) electrons. The second-order valence-electron chi connectivity index (χ2n) is 6.59. The molecule has 0 saturated heterocycles. The Balaban J connectivity index is 2.21. The topological polar surface area (TPSA) is 58.2 Å². The molecule has 2 aromatic carbocycles. The first-order chi connectivity index (χ1) is 11.8. The zero-order chi connectivity index (χ0) is 18.6. The zero-order valence-electron chi connectivity index (χ0n) is 15.6. The van der Waals surface area contributed by atoms with Gasteiger partial charge in [0.05, 0.1) is 0 Å². The second kappa shape index (κ2) is 7.97. The van der Waals surface area contributed by atoms with E-state index < -0.39 is 0 Å². The number of carbonyl (C=O) groups is 2. The normalized spacial score (nSPS) is 11.7. The number of amides is 2. The average molecular weight is 338 g/mol. The molecule has 0 bridgehead atoms. The van der Waals surface area contributed by atoms with Gasteiger partial charge >= 0.3 is 0 Å². The monoisotopic (exact) mass is 338 g/mol. The molecule has 2 amide bonds. The van der Waals surface area contributed by atoms with Crippen molar-refractivity contribution in [1.82, 2.24) is 5.32 Å². The summed E-state index contributed by atoms with van der Waals surface area (Å²) in [5.74, 6) is -0.375. The molecule has 2 rings (SSSR count). The van der Waals surface area contributed by atoms with E-state index in [1.807, 2.05) is 46.8 Å². The largest absolute Gasteiger partial charge is 0.350 e. The van der Waals surface area contributed by atoms with Crippen molar-refractivity contribution in [3.8, 4) is 0 Å². The molecule has 0 saturated carbocycles. The highest BCUT2D eigenvalue weighted by Gasteiger charge is 2.14. The summed E-state index contributed by atoms with van der Waals surface area (Å²) in [5, 5.41) is 5.88. The van der Waals surface area contributed by atoms with Crippen LogP contribution in [0.3, 0.4) is 0 Å². The first-order valence-electron chi connectivity index (χ1n) is 8.62. The van der Waals surface area contributed by atoms with Crippen molar-refractivity contribution in [2.75, 3.05) is 5.32 Å². The van der Waals surface area contributed by atoms with Gasteiger partial charge in [-0.05, 0) is 63.4 Å². The quantitative estimate of drug-likeness (QED) is 0.849. The van der Waals surface area contributed by atoms with Crippen molar-refractivity contribution in [2.45, 2.75) is 47.1 Å². The molecule has 0 fully saturated rings. The van der Waals surface area contributed by atoms with E-state index in [-0.39, 0.29) is 17.9 Å². The highest BCUT2D eigenvalue weighted by molar-refractivity contribution is 6.06. The standard InChI is InChI=1S/C21H26N2O2/c1-6-16(5)22-20(24)17-8-7-9-18(12-17)21(25)23-19-14(3)10-13(2)11-15(19)4/h7-12,16H,6H2,1-5H3,(H,22,24)(H,23,25). The molecule has 0 aliphatic heterocycles. The summed E-state index contributed by atoms with van der Waals surface area (Å²) in [4.78, 5) is 24.9. The number of aryl methyl sites for hydroxylation is 3. The van der Waals surface area contributed by atoms with Crippen molar-refractivity contribution in [3.05, 3.63) is 64.2 Å². The van der Waals surface area contributed by atoms with Crippen LogP contribution in [0.2, 0.25) is 0 Å². The Hall–Kier alpha value is -2.62. The van der Waals surface area contributed by atoms with Crippen LogP contribution in [0, 0.1) is 20.8 Å². The number of rotatable bonds is 5. The van der Waals surface area contributed by atoms with Crippen LogP contribution in [0.4, 0.5) is 5.69 Å². The Morgan fingerprint density at radius 3 is 2.08 bits per heavy atom. The average Bonchev–Trinajstić information content (AvgIpc) is 2.57. The van der Waals surface area contributed by atoms with Crippen molar-refractivity contribution in [1.29, 1.82) is 0 Å². The number of nitrogens with one attached hydrogen (secondary N) is 2. The molecule has 0 aromatic heterocycles. The summed E-state index contributed by atoms with van der Waals surface area (Å²) in [6.45, 7) is 9.96. The molecule has 1 atom stereocenters. The molecule has 1 unspecified atom stereocenters. The molecule has 25 heavy (non-hydrogen) atoms. The fourth-order valence-electron chi connectivity index (χ4n) is 2.77. The molecule has 0 aliphatic rings. The molecule has 0 aliphatic carbocycles. The van der Waals surface area contributed by atoms with Gasteiger partial charge in [-0.1, -0.05) is 30.7 Å². The van der Waals surface area contributed by atoms with Gasteiger partial charge in [0, 0.05) is 22.9 Å². The smallest absolute Gasteiger partial charge is 0.255 e. The van der Waals surface area contributed by atoms with Gasteiger partial charge in [0.2, 0.25) is 0 Å². The van der Waals surface area contributed by atoms with Gasteiger partial charge in [0.15, 0.2) is 0 Å². The van der Waals surface area contributed by atoms with Crippen molar-refractivity contribution in [3.63, 3.8) is 0 Å². The lowest BCUT2D eigenvalue weighted by Gasteiger charge is -2.14. The maximum Gasteiger partial charge on any atom is 0.255 e. The maximum absolute atomic E-state index is 12.6. The third kappa shape index (κ3) is 4.69. The predicted molar refractivity (Wildman–Crippen MR) is 102 cm³/mol. The molecule has 2 aromatic rings. The summed E-state index contributed by atoms with van der Waals surface area (Å²) < 4.78 is 0. The van der Waals surface area contributed by atoms with Crippen LogP contribution in [-0.4, -0.2) is 17.9 Å².